The third-order valence-electron chi connectivity index (χ3n) is 4.37. The summed E-state index contributed by atoms with van der Waals surface area (Å²) < 4.78 is 10.1. The predicted molar refractivity (Wildman–Crippen MR) is 93.1 cm³/mol. The molecule has 8 nitrogen and oxygen atoms in total. The number of piperidine rings is 1. The van der Waals surface area contributed by atoms with Crippen molar-refractivity contribution in [3.05, 3.63) is 29.5 Å². The summed E-state index contributed by atoms with van der Waals surface area (Å²) in [5.74, 6) is 2.77. The number of nitrogens with zero attached hydrogens (tertiary/aromatic N) is 5. The fourth-order valence-electron chi connectivity index (χ4n) is 3.21. The molecule has 0 aliphatic carbocycles. The molecule has 0 amide bonds. The topological polar surface area (TPSA) is 89.2 Å². The molecule has 0 bridgehead atoms. The third-order valence-corrected chi connectivity index (χ3v) is 4.37. The van der Waals surface area contributed by atoms with Crippen LogP contribution in [0.3, 0.4) is 0 Å². The fourth-order valence-corrected chi connectivity index (χ4v) is 3.21. The molecule has 1 N–H and O–H groups in total. The van der Waals surface area contributed by atoms with Gasteiger partial charge >= 0.3 is 0 Å². The molecule has 2 aromatic rings. The van der Waals surface area contributed by atoms with Gasteiger partial charge in [-0.2, -0.15) is 10.1 Å². The Morgan fingerprint density at radius 1 is 1.36 bits per heavy atom. The first-order valence-electron chi connectivity index (χ1n) is 8.80. The van der Waals surface area contributed by atoms with Crippen molar-refractivity contribution in [2.45, 2.75) is 32.7 Å². The third kappa shape index (κ3) is 5.47. The lowest BCUT2D eigenvalue weighted by atomic mass is 9.93. The summed E-state index contributed by atoms with van der Waals surface area (Å²) in [5.41, 5.74) is 1.04. The van der Waals surface area contributed by atoms with E-state index in [9.17, 15) is 0 Å². The van der Waals surface area contributed by atoms with Crippen LogP contribution in [0.15, 0.2) is 16.7 Å². The van der Waals surface area contributed by atoms with E-state index < -0.39 is 0 Å². The van der Waals surface area contributed by atoms with Gasteiger partial charge in [-0.05, 0) is 43.9 Å². The van der Waals surface area contributed by atoms with Crippen molar-refractivity contribution >= 4 is 5.82 Å². The smallest absolute Gasteiger partial charge is 0.223 e. The second-order valence-electron chi connectivity index (χ2n) is 6.51. The van der Waals surface area contributed by atoms with Crippen LogP contribution in [0.5, 0.6) is 0 Å². The maximum Gasteiger partial charge on any atom is 0.223 e. The van der Waals surface area contributed by atoms with Crippen LogP contribution in [0.25, 0.3) is 0 Å². The Balaban J connectivity index is 1.48. The summed E-state index contributed by atoms with van der Waals surface area (Å²) in [6.07, 6.45) is 3.36. The van der Waals surface area contributed by atoms with Gasteiger partial charge in [0, 0.05) is 27.1 Å². The SMILES string of the molecule is COCCNc1ccc(C[C@H]2CCCN(Cc3noc(C)n3)C2)nn1. The summed E-state index contributed by atoms with van der Waals surface area (Å²) in [6.45, 7) is 6.07. The highest BCUT2D eigenvalue weighted by atomic mass is 16.5. The van der Waals surface area contributed by atoms with Crippen LogP contribution in [0, 0.1) is 12.8 Å². The first kappa shape index (κ1) is 17.8. The molecule has 2 aromatic heterocycles. The van der Waals surface area contributed by atoms with E-state index in [4.69, 9.17) is 9.26 Å². The predicted octanol–water partition coefficient (Wildman–Crippen LogP) is 1.68. The number of aryl methyl sites for hydroxylation is 1. The fraction of sp³-hybridized carbons (Fsp3) is 0.647. The largest absolute Gasteiger partial charge is 0.383 e. The van der Waals surface area contributed by atoms with Gasteiger partial charge in [0.25, 0.3) is 0 Å². The standard InChI is InChI=1S/C17H26N6O2/c1-13-19-17(22-25-13)12-23-8-3-4-14(11-23)10-15-5-6-16(21-20-15)18-7-9-24-2/h5-6,14H,3-4,7-12H2,1-2H3,(H,18,21)/t14-/m1/s1. The number of anilines is 1. The molecule has 0 aromatic carbocycles. The van der Waals surface area contributed by atoms with Crippen molar-refractivity contribution in [1.82, 2.24) is 25.2 Å². The zero-order valence-electron chi connectivity index (χ0n) is 14.9. The average molecular weight is 346 g/mol. The Labute approximate surface area is 148 Å². The van der Waals surface area contributed by atoms with E-state index in [1.807, 2.05) is 13.0 Å². The van der Waals surface area contributed by atoms with Gasteiger partial charge in [0.1, 0.15) is 5.82 Å². The molecule has 25 heavy (non-hydrogen) atoms. The Bertz CT molecular complexity index is 645. The molecule has 1 atom stereocenters. The minimum Gasteiger partial charge on any atom is -0.383 e. The molecular formula is C17H26N6O2. The van der Waals surface area contributed by atoms with E-state index in [0.29, 0.717) is 18.4 Å². The van der Waals surface area contributed by atoms with E-state index in [1.165, 1.54) is 12.8 Å². The van der Waals surface area contributed by atoms with Crippen LogP contribution in [-0.2, 0) is 17.7 Å². The average Bonchev–Trinajstić information content (AvgIpc) is 3.02. The van der Waals surface area contributed by atoms with Gasteiger partial charge in [0.2, 0.25) is 5.89 Å². The summed E-state index contributed by atoms with van der Waals surface area (Å²) in [5, 5.41) is 15.8. The van der Waals surface area contributed by atoms with E-state index in [0.717, 1.165) is 49.9 Å². The Morgan fingerprint density at radius 3 is 3.00 bits per heavy atom. The van der Waals surface area contributed by atoms with Crippen LogP contribution in [-0.4, -0.2) is 58.6 Å². The van der Waals surface area contributed by atoms with Crippen LogP contribution in [0.1, 0.15) is 30.3 Å². The van der Waals surface area contributed by atoms with Gasteiger partial charge in [0.05, 0.1) is 18.8 Å². The molecule has 1 saturated heterocycles. The van der Waals surface area contributed by atoms with Gasteiger partial charge < -0.3 is 14.6 Å². The molecule has 1 aliphatic heterocycles. The van der Waals surface area contributed by atoms with Crippen LogP contribution >= 0.6 is 0 Å². The molecule has 8 heteroatoms. The number of methoxy groups -OCH3 is 1. The van der Waals surface area contributed by atoms with Gasteiger partial charge in [0.15, 0.2) is 5.82 Å². The van der Waals surface area contributed by atoms with E-state index >= 15 is 0 Å². The Morgan fingerprint density at radius 2 is 2.28 bits per heavy atom. The first-order valence-corrected chi connectivity index (χ1v) is 8.80. The van der Waals surface area contributed by atoms with Crippen LogP contribution in [0.4, 0.5) is 5.82 Å². The molecule has 0 spiro atoms. The number of rotatable bonds is 8. The highest BCUT2D eigenvalue weighted by molar-refractivity contribution is 5.32. The molecular weight excluding hydrogens is 320 g/mol. The maximum atomic E-state index is 5.05. The monoisotopic (exact) mass is 346 g/mol. The number of likely N-dealkylation sites (tertiary alicyclic amines) is 1. The van der Waals surface area contributed by atoms with Crippen molar-refractivity contribution < 1.29 is 9.26 Å². The molecule has 136 valence electrons. The minimum absolute atomic E-state index is 0.586. The quantitative estimate of drug-likeness (QED) is 0.722. The number of hydrogen-bond acceptors (Lipinski definition) is 8. The van der Waals surface area contributed by atoms with Crippen molar-refractivity contribution in [1.29, 1.82) is 0 Å². The zero-order valence-corrected chi connectivity index (χ0v) is 14.9. The Kier molecular flexibility index (Phi) is 6.30. The second-order valence-corrected chi connectivity index (χ2v) is 6.51. The summed E-state index contributed by atoms with van der Waals surface area (Å²) >= 11 is 0. The molecule has 0 saturated carbocycles. The van der Waals surface area contributed by atoms with Gasteiger partial charge in [-0.25, -0.2) is 0 Å². The number of ether oxygens (including phenoxy) is 1. The number of nitrogens with one attached hydrogen (secondary N) is 1. The maximum absolute atomic E-state index is 5.05. The lowest BCUT2D eigenvalue weighted by molar-refractivity contribution is 0.161. The normalized spacial score (nSPS) is 18.4. The second kappa shape index (κ2) is 8.87. The lowest BCUT2D eigenvalue weighted by Crippen LogP contribution is -2.36. The lowest BCUT2D eigenvalue weighted by Gasteiger charge is -2.31. The van der Waals surface area contributed by atoms with Gasteiger partial charge in [-0.15, -0.1) is 5.10 Å². The van der Waals surface area contributed by atoms with Gasteiger partial charge in [-0.1, -0.05) is 5.16 Å². The number of aromatic nitrogens is 4. The van der Waals surface area contributed by atoms with Crippen molar-refractivity contribution in [2.24, 2.45) is 5.92 Å². The molecule has 0 radical (unpaired) electrons. The highest BCUT2D eigenvalue weighted by Crippen LogP contribution is 2.21. The van der Waals surface area contributed by atoms with Crippen molar-refractivity contribution in [2.75, 3.05) is 38.7 Å². The molecule has 0 unspecified atom stereocenters. The van der Waals surface area contributed by atoms with Crippen LogP contribution in [0.2, 0.25) is 0 Å². The first-order chi connectivity index (χ1) is 12.2. The molecule has 3 heterocycles. The number of hydrogen-bond donors (Lipinski definition) is 1. The van der Waals surface area contributed by atoms with Crippen molar-refractivity contribution in [3.8, 4) is 0 Å². The molecule has 3 rings (SSSR count). The van der Waals surface area contributed by atoms with Gasteiger partial charge in [-0.3, -0.25) is 4.90 Å². The van der Waals surface area contributed by atoms with E-state index in [1.54, 1.807) is 7.11 Å². The summed E-state index contributed by atoms with van der Waals surface area (Å²) in [6, 6.07) is 4.05. The van der Waals surface area contributed by atoms with Crippen molar-refractivity contribution in [3.63, 3.8) is 0 Å². The summed E-state index contributed by atoms with van der Waals surface area (Å²) in [7, 11) is 1.68. The Hall–Kier alpha value is -2.06. The van der Waals surface area contributed by atoms with E-state index in [2.05, 4.69) is 36.6 Å². The molecule has 1 fully saturated rings. The van der Waals surface area contributed by atoms with E-state index in [-0.39, 0.29) is 0 Å². The minimum atomic E-state index is 0.586. The van der Waals surface area contributed by atoms with Crippen LogP contribution < -0.4 is 5.32 Å². The summed E-state index contributed by atoms with van der Waals surface area (Å²) in [4.78, 5) is 6.69. The zero-order chi connectivity index (χ0) is 17.5. The molecule has 1 aliphatic rings. The highest BCUT2D eigenvalue weighted by Gasteiger charge is 2.22.